The second-order valence-electron chi connectivity index (χ2n) is 4.84. The Labute approximate surface area is 147 Å². The maximum absolute atomic E-state index is 12.7. The van der Waals surface area contributed by atoms with Gasteiger partial charge in [-0.2, -0.15) is 0 Å². The summed E-state index contributed by atoms with van der Waals surface area (Å²) in [7, 11) is 0. The number of hydrogen-bond acceptors (Lipinski definition) is 4. The number of aromatic nitrogens is 2. The van der Waals surface area contributed by atoms with Crippen molar-refractivity contribution >= 4 is 59.9 Å². The second-order valence-corrected chi connectivity index (χ2v) is 7.41. The molecule has 22 heavy (non-hydrogen) atoms. The van der Waals surface area contributed by atoms with E-state index in [0.717, 1.165) is 19.8 Å². The number of H-pyrrole nitrogens is 1. The number of halogens is 2. The van der Waals surface area contributed by atoms with Crippen molar-refractivity contribution in [1.29, 1.82) is 0 Å². The van der Waals surface area contributed by atoms with Crippen LogP contribution in [0.2, 0.25) is 0 Å². The molecule has 114 valence electrons. The Balaban J connectivity index is 2.02. The summed E-state index contributed by atoms with van der Waals surface area (Å²) in [5.74, 6) is -0.139. The number of rotatable bonds is 4. The molecule has 7 heteroatoms. The molecule has 0 aliphatic heterocycles. The third kappa shape index (κ3) is 2.78. The molecule has 4 nitrogen and oxygen atoms in total. The van der Waals surface area contributed by atoms with E-state index in [1.807, 2.05) is 19.1 Å². The standard InChI is InChI=1S/C15H12Br2N2O2S/c1-2-13(20)12-6-22-15(19-12)14(21)8-5-18-11-4-10(17)9(16)3-7(8)11/h3-6,13,18,20H,2H2,1H3/t13-/m1/s1. The molecule has 1 atom stereocenters. The third-order valence-electron chi connectivity index (χ3n) is 3.41. The lowest BCUT2D eigenvalue weighted by molar-refractivity contribution is 0.103. The highest BCUT2D eigenvalue weighted by Crippen LogP contribution is 2.31. The van der Waals surface area contributed by atoms with Gasteiger partial charge < -0.3 is 10.1 Å². The maximum Gasteiger partial charge on any atom is 0.223 e. The molecule has 2 N–H and O–H groups in total. The number of hydrogen-bond donors (Lipinski definition) is 2. The summed E-state index contributed by atoms with van der Waals surface area (Å²) in [6, 6.07) is 3.82. The van der Waals surface area contributed by atoms with Crippen LogP contribution in [0.25, 0.3) is 10.9 Å². The zero-order chi connectivity index (χ0) is 15.9. The molecule has 0 amide bonds. The molecule has 0 aliphatic rings. The zero-order valence-electron chi connectivity index (χ0n) is 11.6. The van der Waals surface area contributed by atoms with Gasteiger partial charge >= 0.3 is 0 Å². The lowest BCUT2D eigenvalue weighted by Gasteiger charge is -2.02. The van der Waals surface area contributed by atoms with Gasteiger partial charge in [0.2, 0.25) is 5.78 Å². The average Bonchev–Trinajstić information content (AvgIpc) is 3.13. The van der Waals surface area contributed by atoms with Crippen molar-refractivity contribution in [3.63, 3.8) is 0 Å². The monoisotopic (exact) mass is 442 g/mol. The molecule has 0 spiro atoms. The summed E-state index contributed by atoms with van der Waals surface area (Å²) in [6.07, 6.45) is 1.65. The Morgan fingerprint density at radius 3 is 2.86 bits per heavy atom. The average molecular weight is 444 g/mol. The Bertz CT molecular complexity index is 856. The maximum atomic E-state index is 12.7. The van der Waals surface area contributed by atoms with Crippen molar-refractivity contribution in [3.05, 3.63) is 48.9 Å². The molecule has 0 radical (unpaired) electrons. The highest BCUT2D eigenvalue weighted by molar-refractivity contribution is 9.13. The zero-order valence-corrected chi connectivity index (χ0v) is 15.5. The minimum atomic E-state index is -0.620. The molecule has 0 saturated heterocycles. The molecule has 3 aromatic rings. The number of aliphatic hydroxyl groups excluding tert-OH is 1. The van der Waals surface area contributed by atoms with E-state index in [0.29, 0.717) is 22.7 Å². The molecule has 0 fully saturated rings. The van der Waals surface area contributed by atoms with Crippen LogP contribution in [-0.4, -0.2) is 20.9 Å². The number of thiazole rings is 1. The van der Waals surface area contributed by atoms with Gasteiger partial charge in [0.1, 0.15) is 0 Å². The predicted molar refractivity (Wildman–Crippen MR) is 94.5 cm³/mol. The van der Waals surface area contributed by atoms with E-state index in [4.69, 9.17) is 0 Å². The van der Waals surface area contributed by atoms with Crippen molar-refractivity contribution in [2.24, 2.45) is 0 Å². The SMILES string of the molecule is CC[C@@H](O)c1csc(C(=O)c2c[nH]c3cc(Br)c(Br)cc23)n1. The van der Waals surface area contributed by atoms with E-state index in [-0.39, 0.29) is 5.78 Å². The lowest BCUT2D eigenvalue weighted by atomic mass is 10.1. The fourth-order valence-electron chi connectivity index (χ4n) is 2.17. The van der Waals surface area contributed by atoms with Gasteiger partial charge in [-0.05, 0) is 50.4 Å². The minimum Gasteiger partial charge on any atom is -0.387 e. The van der Waals surface area contributed by atoms with Crippen LogP contribution in [0.5, 0.6) is 0 Å². The Hall–Kier alpha value is -1.02. The molecule has 2 aromatic heterocycles. The molecule has 0 unspecified atom stereocenters. The summed E-state index contributed by atoms with van der Waals surface area (Å²) in [5, 5.41) is 12.8. The summed E-state index contributed by atoms with van der Waals surface area (Å²) in [6.45, 7) is 1.88. The van der Waals surface area contributed by atoms with Crippen LogP contribution in [0.3, 0.4) is 0 Å². The first kappa shape index (κ1) is 15.9. The van der Waals surface area contributed by atoms with Gasteiger partial charge in [-0.1, -0.05) is 6.92 Å². The number of ketones is 1. The summed E-state index contributed by atoms with van der Waals surface area (Å²) in [4.78, 5) is 20.0. The summed E-state index contributed by atoms with van der Waals surface area (Å²) < 4.78 is 1.80. The molecular weight excluding hydrogens is 432 g/mol. The minimum absolute atomic E-state index is 0.139. The van der Waals surface area contributed by atoms with E-state index in [1.54, 1.807) is 11.6 Å². The largest absolute Gasteiger partial charge is 0.387 e. The fourth-order valence-corrected chi connectivity index (χ4v) is 3.68. The number of fused-ring (bicyclic) bond motifs is 1. The fraction of sp³-hybridized carbons (Fsp3) is 0.200. The number of aliphatic hydroxyl groups is 1. The number of carbonyl (C=O) groups excluding carboxylic acids is 1. The highest BCUT2D eigenvalue weighted by atomic mass is 79.9. The Morgan fingerprint density at radius 1 is 1.41 bits per heavy atom. The van der Waals surface area contributed by atoms with Crippen LogP contribution in [-0.2, 0) is 0 Å². The molecular formula is C15H12Br2N2O2S. The van der Waals surface area contributed by atoms with Crippen molar-refractivity contribution in [3.8, 4) is 0 Å². The van der Waals surface area contributed by atoms with Crippen molar-refractivity contribution in [2.75, 3.05) is 0 Å². The van der Waals surface area contributed by atoms with E-state index in [1.165, 1.54) is 11.3 Å². The van der Waals surface area contributed by atoms with Crippen LogP contribution >= 0.6 is 43.2 Å². The normalized spacial score (nSPS) is 12.7. The summed E-state index contributed by atoms with van der Waals surface area (Å²) in [5.41, 5.74) is 2.01. The second kappa shape index (κ2) is 6.23. The number of nitrogens with one attached hydrogen (secondary N) is 1. The van der Waals surface area contributed by atoms with Crippen LogP contribution in [0.15, 0.2) is 32.7 Å². The predicted octanol–water partition coefficient (Wildman–Crippen LogP) is 4.82. The van der Waals surface area contributed by atoms with Crippen molar-refractivity contribution in [2.45, 2.75) is 19.4 Å². The van der Waals surface area contributed by atoms with E-state index in [9.17, 15) is 9.90 Å². The van der Waals surface area contributed by atoms with Crippen molar-refractivity contribution in [1.82, 2.24) is 9.97 Å². The van der Waals surface area contributed by atoms with Crippen LogP contribution < -0.4 is 0 Å². The van der Waals surface area contributed by atoms with E-state index >= 15 is 0 Å². The van der Waals surface area contributed by atoms with Crippen molar-refractivity contribution < 1.29 is 9.90 Å². The van der Waals surface area contributed by atoms with Crippen LogP contribution in [0, 0.1) is 0 Å². The molecule has 2 heterocycles. The Morgan fingerprint density at radius 2 is 2.14 bits per heavy atom. The van der Waals surface area contributed by atoms with Crippen LogP contribution in [0.4, 0.5) is 0 Å². The number of nitrogens with zero attached hydrogens (tertiary/aromatic N) is 1. The topological polar surface area (TPSA) is 66.0 Å². The van der Waals surface area contributed by atoms with E-state index < -0.39 is 6.10 Å². The van der Waals surface area contributed by atoms with Gasteiger partial charge in [-0.3, -0.25) is 4.79 Å². The van der Waals surface area contributed by atoms with Gasteiger partial charge in [0.25, 0.3) is 0 Å². The summed E-state index contributed by atoms with van der Waals surface area (Å²) >= 11 is 8.16. The van der Waals surface area contributed by atoms with Gasteiger partial charge in [0.05, 0.1) is 17.4 Å². The first-order chi connectivity index (χ1) is 10.5. The molecule has 0 bridgehead atoms. The number of carbonyl (C=O) groups is 1. The number of benzene rings is 1. The first-order valence-corrected chi connectivity index (χ1v) is 9.12. The van der Waals surface area contributed by atoms with E-state index in [2.05, 4.69) is 41.8 Å². The van der Waals surface area contributed by atoms with Gasteiger partial charge in [-0.25, -0.2) is 4.98 Å². The quantitative estimate of drug-likeness (QED) is 0.568. The highest BCUT2D eigenvalue weighted by Gasteiger charge is 2.20. The molecule has 0 saturated carbocycles. The first-order valence-electron chi connectivity index (χ1n) is 6.65. The van der Waals surface area contributed by atoms with Gasteiger partial charge in [0, 0.05) is 31.4 Å². The smallest absolute Gasteiger partial charge is 0.223 e. The Kier molecular flexibility index (Phi) is 4.49. The van der Waals surface area contributed by atoms with Gasteiger partial charge in [-0.15, -0.1) is 11.3 Å². The molecule has 0 aliphatic carbocycles. The third-order valence-corrected chi connectivity index (χ3v) is 6.12. The molecule has 3 rings (SSSR count). The molecule has 1 aromatic carbocycles. The number of aromatic amines is 1. The lowest BCUT2D eigenvalue weighted by Crippen LogP contribution is -2.02. The van der Waals surface area contributed by atoms with Crippen LogP contribution in [0.1, 0.15) is 40.5 Å². The van der Waals surface area contributed by atoms with Gasteiger partial charge in [0.15, 0.2) is 5.01 Å².